The summed E-state index contributed by atoms with van der Waals surface area (Å²) in [4.78, 5) is 23.7. The maximum Gasteiger partial charge on any atom is 0.328 e. The molecule has 0 fully saturated rings. The second-order valence-electron chi connectivity index (χ2n) is 8.52. The first-order chi connectivity index (χ1) is 19.7. The van der Waals surface area contributed by atoms with E-state index in [4.69, 9.17) is 37.2 Å². The van der Waals surface area contributed by atoms with Crippen LogP contribution in [0, 0.1) is 6.92 Å². The van der Waals surface area contributed by atoms with E-state index in [1.54, 1.807) is 25.1 Å². The van der Waals surface area contributed by atoms with Gasteiger partial charge in [-0.2, -0.15) is 0 Å². The lowest BCUT2D eigenvalue weighted by Crippen LogP contribution is -2.35. The molecule has 3 N–H and O–H groups in total. The predicted octanol–water partition coefficient (Wildman–Crippen LogP) is 7.19. The minimum Gasteiger partial charge on any atom is -0.495 e. The summed E-state index contributed by atoms with van der Waals surface area (Å²) in [6.45, 7) is 9.39. The Kier molecular flexibility index (Phi) is 9.33. The van der Waals surface area contributed by atoms with Crippen LogP contribution in [0.15, 0.2) is 78.2 Å². The number of urea groups is 1. The van der Waals surface area contributed by atoms with Crippen LogP contribution in [0.4, 0.5) is 33.5 Å². The molecule has 2 heterocycles. The number of allylic oxidation sites excluding steroid dienone is 1. The highest BCUT2D eigenvalue weighted by Gasteiger charge is 2.25. The number of anilines is 5. The number of hydrogen-bond donors (Lipinski definition) is 3. The molecule has 0 radical (unpaired) electrons. The van der Waals surface area contributed by atoms with Crippen molar-refractivity contribution in [2.75, 3.05) is 35.1 Å². The molecule has 0 aliphatic heterocycles. The van der Waals surface area contributed by atoms with E-state index in [-0.39, 0.29) is 39.6 Å². The van der Waals surface area contributed by atoms with Crippen molar-refractivity contribution < 1.29 is 18.8 Å². The molecule has 0 spiro atoms. The second kappa shape index (κ2) is 13.1. The second-order valence-corrected chi connectivity index (χ2v) is 9.28. The highest BCUT2D eigenvalue weighted by molar-refractivity contribution is 6.41. The lowest BCUT2D eigenvalue weighted by molar-refractivity contribution is 0.255. The predicted molar refractivity (Wildman–Crippen MR) is 161 cm³/mol. The molecule has 4 rings (SSSR count). The Morgan fingerprint density at radius 1 is 1.05 bits per heavy atom. The van der Waals surface area contributed by atoms with Gasteiger partial charge in [0.1, 0.15) is 39.5 Å². The summed E-state index contributed by atoms with van der Waals surface area (Å²) in [7, 11) is 2.88. The zero-order valence-electron chi connectivity index (χ0n) is 22.5. The first kappa shape index (κ1) is 29.2. The van der Waals surface area contributed by atoms with Crippen molar-refractivity contribution in [3.8, 4) is 11.5 Å². The molecule has 212 valence electrons. The summed E-state index contributed by atoms with van der Waals surface area (Å²) >= 11 is 13.0. The van der Waals surface area contributed by atoms with E-state index in [1.807, 2.05) is 24.3 Å². The Bertz CT molecular complexity index is 1560. The van der Waals surface area contributed by atoms with Crippen LogP contribution in [0.5, 0.6) is 11.5 Å². The quantitative estimate of drug-likeness (QED) is 0.154. The maximum atomic E-state index is 13.7. The number of methoxy groups -OCH3 is 2. The minimum atomic E-state index is -0.618. The maximum absolute atomic E-state index is 13.7. The number of amides is 2. The Labute approximate surface area is 246 Å². The summed E-state index contributed by atoms with van der Waals surface area (Å²) in [5.41, 5.74) is 2.84. The summed E-state index contributed by atoms with van der Waals surface area (Å²) in [5.74, 6) is 1.61. The van der Waals surface area contributed by atoms with Gasteiger partial charge in [0.15, 0.2) is 5.76 Å². The fourth-order valence-corrected chi connectivity index (χ4v) is 4.29. The standard InChI is InChI=1S/C28H27Cl2N7O4/c1-6-16(2)33-19-9-7-8-10-20(19)34-23-13-24(32-15-31-23)37(14-18-11-17(3)36-41-18)28(38)35-27-25(29)21(39-4)12-22(40-5)26(27)30/h6-13,15,33H,1-2,14H2,3-5H3,(H,35,38)(H,31,32,34). The van der Waals surface area contributed by atoms with Gasteiger partial charge in [0.05, 0.1) is 43.5 Å². The average Bonchev–Trinajstić information content (AvgIpc) is 3.39. The van der Waals surface area contributed by atoms with E-state index in [0.29, 0.717) is 28.7 Å². The number of rotatable bonds is 11. The topological polar surface area (TPSA) is 127 Å². The number of para-hydroxylation sites is 2. The van der Waals surface area contributed by atoms with Crippen LogP contribution in [-0.2, 0) is 6.54 Å². The summed E-state index contributed by atoms with van der Waals surface area (Å²) in [6.07, 6.45) is 2.94. The van der Waals surface area contributed by atoms with Gasteiger partial charge in [0.2, 0.25) is 0 Å². The van der Waals surface area contributed by atoms with Crippen molar-refractivity contribution in [3.05, 3.63) is 95.2 Å². The summed E-state index contributed by atoms with van der Waals surface area (Å²) in [5, 5.41) is 13.3. The molecule has 2 aromatic heterocycles. The summed E-state index contributed by atoms with van der Waals surface area (Å²) < 4.78 is 16.0. The van der Waals surface area contributed by atoms with E-state index < -0.39 is 6.03 Å². The normalized spacial score (nSPS) is 10.5. The molecule has 0 bridgehead atoms. The monoisotopic (exact) mass is 595 g/mol. The van der Waals surface area contributed by atoms with Crippen LogP contribution in [0.2, 0.25) is 10.0 Å². The number of ether oxygens (including phenoxy) is 2. The number of aryl methyl sites for hydroxylation is 1. The SMILES string of the molecule is C=CC(=C)Nc1ccccc1Nc1cc(N(Cc2cc(C)no2)C(=O)Nc2c(Cl)c(OC)cc(OC)c2Cl)ncn1. The first-order valence-electron chi connectivity index (χ1n) is 12.1. The number of nitrogens with zero attached hydrogens (tertiary/aromatic N) is 4. The number of halogens is 2. The van der Waals surface area contributed by atoms with Crippen molar-refractivity contribution in [2.45, 2.75) is 13.5 Å². The molecule has 0 aliphatic rings. The fourth-order valence-electron chi connectivity index (χ4n) is 3.70. The smallest absolute Gasteiger partial charge is 0.328 e. The van der Waals surface area contributed by atoms with Crippen LogP contribution in [0.1, 0.15) is 11.5 Å². The molecule has 0 aliphatic carbocycles. The van der Waals surface area contributed by atoms with Crippen LogP contribution in [-0.4, -0.2) is 35.4 Å². The number of nitrogens with one attached hydrogen (secondary N) is 3. The lowest BCUT2D eigenvalue weighted by atomic mass is 10.2. The Morgan fingerprint density at radius 3 is 2.34 bits per heavy atom. The summed E-state index contributed by atoms with van der Waals surface area (Å²) in [6, 6.07) is 11.7. The third kappa shape index (κ3) is 6.89. The average molecular weight is 596 g/mol. The van der Waals surface area contributed by atoms with Gasteiger partial charge >= 0.3 is 6.03 Å². The van der Waals surface area contributed by atoms with Gasteiger partial charge in [0.25, 0.3) is 0 Å². The van der Waals surface area contributed by atoms with Crippen molar-refractivity contribution >= 4 is 57.9 Å². The van der Waals surface area contributed by atoms with Gasteiger partial charge in [0, 0.05) is 23.9 Å². The molecule has 0 atom stereocenters. The zero-order valence-corrected chi connectivity index (χ0v) is 24.0. The van der Waals surface area contributed by atoms with Crippen molar-refractivity contribution in [1.82, 2.24) is 15.1 Å². The number of carbonyl (C=O) groups excluding carboxylic acids is 1. The first-order valence-corrected chi connectivity index (χ1v) is 12.9. The molecular weight excluding hydrogens is 569 g/mol. The third-order valence-electron chi connectivity index (χ3n) is 5.70. The van der Waals surface area contributed by atoms with Gasteiger partial charge in [-0.3, -0.25) is 4.90 Å². The molecular formula is C28H27Cl2N7O4. The van der Waals surface area contributed by atoms with Gasteiger partial charge in [-0.25, -0.2) is 14.8 Å². The Morgan fingerprint density at radius 2 is 1.73 bits per heavy atom. The van der Waals surface area contributed by atoms with Crippen molar-refractivity contribution in [1.29, 1.82) is 0 Å². The van der Waals surface area contributed by atoms with Gasteiger partial charge < -0.3 is 29.9 Å². The molecule has 2 aromatic carbocycles. The molecule has 2 amide bonds. The van der Waals surface area contributed by atoms with Gasteiger partial charge in [-0.1, -0.05) is 53.6 Å². The van der Waals surface area contributed by atoms with E-state index in [2.05, 4.69) is 44.2 Å². The van der Waals surface area contributed by atoms with Crippen LogP contribution in [0.25, 0.3) is 0 Å². The number of hydrogen-bond acceptors (Lipinski definition) is 9. The highest BCUT2D eigenvalue weighted by atomic mass is 35.5. The Balaban J connectivity index is 1.69. The molecule has 0 unspecified atom stereocenters. The molecule has 13 heteroatoms. The van der Waals surface area contributed by atoms with E-state index in [9.17, 15) is 4.79 Å². The highest BCUT2D eigenvalue weighted by Crippen LogP contribution is 2.44. The van der Waals surface area contributed by atoms with Crippen molar-refractivity contribution in [2.24, 2.45) is 0 Å². The number of benzene rings is 2. The molecule has 0 saturated heterocycles. The zero-order chi connectivity index (χ0) is 29.5. The largest absolute Gasteiger partial charge is 0.495 e. The van der Waals surface area contributed by atoms with Crippen LogP contribution < -0.4 is 30.3 Å². The third-order valence-corrected chi connectivity index (χ3v) is 6.45. The lowest BCUT2D eigenvalue weighted by Gasteiger charge is -2.23. The van der Waals surface area contributed by atoms with Crippen molar-refractivity contribution in [3.63, 3.8) is 0 Å². The number of carbonyl (C=O) groups is 1. The van der Waals surface area contributed by atoms with E-state index in [0.717, 1.165) is 5.69 Å². The fraction of sp³-hybridized carbons (Fsp3) is 0.143. The van der Waals surface area contributed by atoms with Gasteiger partial charge in [-0.15, -0.1) is 0 Å². The number of aromatic nitrogens is 3. The Hall–Kier alpha value is -4.74. The molecule has 0 saturated carbocycles. The molecule has 4 aromatic rings. The van der Waals surface area contributed by atoms with Crippen LogP contribution >= 0.6 is 23.2 Å². The molecule has 41 heavy (non-hydrogen) atoms. The molecule has 11 nitrogen and oxygen atoms in total. The van der Waals surface area contributed by atoms with E-state index >= 15 is 0 Å². The van der Waals surface area contributed by atoms with Gasteiger partial charge in [-0.05, 0) is 25.1 Å². The van der Waals surface area contributed by atoms with E-state index in [1.165, 1.54) is 31.5 Å². The van der Waals surface area contributed by atoms with Crippen LogP contribution in [0.3, 0.4) is 0 Å². The minimum absolute atomic E-state index is 0.0171.